The van der Waals surface area contributed by atoms with Crippen molar-refractivity contribution >= 4 is 29.0 Å². The molecule has 0 spiro atoms. The minimum Gasteiger partial charge on any atom is -0.336 e. The number of nitrogens with one attached hydrogen (secondary N) is 1. The van der Waals surface area contributed by atoms with Crippen LogP contribution in [-0.2, 0) is 7.05 Å². The smallest absolute Gasteiger partial charge is 0.261 e. The Labute approximate surface area is 157 Å². The van der Waals surface area contributed by atoms with E-state index >= 15 is 0 Å². The Bertz CT molecular complexity index is 950. The fourth-order valence-electron chi connectivity index (χ4n) is 4.18. The van der Waals surface area contributed by atoms with E-state index in [1.807, 2.05) is 4.90 Å². The molecule has 6 nitrogen and oxygen atoms in total. The van der Waals surface area contributed by atoms with Crippen LogP contribution in [0.25, 0.3) is 10.9 Å². The first kappa shape index (κ1) is 17.4. The summed E-state index contributed by atoms with van der Waals surface area (Å²) in [4.78, 5) is 32.7. The molecule has 0 bridgehead atoms. The number of fused-ring (bicyclic) bond motifs is 1. The quantitative estimate of drug-likeness (QED) is 0.822. The van der Waals surface area contributed by atoms with E-state index in [0.717, 1.165) is 26.2 Å². The summed E-state index contributed by atoms with van der Waals surface area (Å²) in [6.07, 6.45) is 5.27. The Morgan fingerprint density at radius 1 is 1.15 bits per heavy atom. The predicted octanol–water partition coefficient (Wildman–Crippen LogP) is 2.30. The number of amides is 1. The molecule has 1 saturated carbocycles. The number of rotatable bonds is 2. The second kappa shape index (κ2) is 6.96. The van der Waals surface area contributed by atoms with Crippen LogP contribution in [0.2, 0.25) is 0 Å². The minimum absolute atomic E-state index is 0.0259. The lowest BCUT2D eigenvalue weighted by atomic mass is 10.1. The van der Waals surface area contributed by atoms with Gasteiger partial charge in [-0.25, -0.2) is 0 Å². The summed E-state index contributed by atoms with van der Waals surface area (Å²) < 4.78 is 1.76. The number of piperazine rings is 1. The van der Waals surface area contributed by atoms with Gasteiger partial charge in [-0.15, -0.1) is 0 Å². The van der Waals surface area contributed by atoms with Gasteiger partial charge < -0.3 is 9.88 Å². The molecule has 1 N–H and O–H groups in total. The van der Waals surface area contributed by atoms with Crippen LogP contribution < -0.4 is 5.56 Å². The van der Waals surface area contributed by atoms with Gasteiger partial charge in [0.25, 0.3) is 11.5 Å². The normalized spacial score (nSPS) is 19.3. The van der Waals surface area contributed by atoms with E-state index in [4.69, 9.17) is 12.2 Å². The molecule has 138 valence electrons. The molecule has 4 rings (SSSR count). The van der Waals surface area contributed by atoms with Crippen molar-refractivity contribution in [3.05, 3.63) is 38.9 Å². The van der Waals surface area contributed by atoms with Crippen LogP contribution >= 0.6 is 12.2 Å². The molecule has 1 aromatic heterocycles. The molecule has 2 aromatic rings. The van der Waals surface area contributed by atoms with Crippen molar-refractivity contribution in [1.29, 1.82) is 0 Å². The SMILES string of the molecule is Cn1c(=S)[nH]c2cc(C(=O)N3CCN(C4CCCC4)CC3)ccc2c1=O. The van der Waals surface area contributed by atoms with Crippen molar-refractivity contribution in [2.24, 2.45) is 7.05 Å². The largest absolute Gasteiger partial charge is 0.336 e. The van der Waals surface area contributed by atoms with E-state index in [2.05, 4.69) is 9.88 Å². The van der Waals surface area contributed by atoms with Gasteiger partial charge in [-0.2, -0.15) is 0 Å². The van der Waals surface area contributed by atoms with E-state index in [9.17, 15) is 9.59 Å². The first-order valence-corrected chi connectivity index (χ1v) is 9.72. The predicted molar refractivity (Wildman–Crippen MR) is 104 cm³/mol. The lowest BCUT2D eigenvalue weighted by Gasteiger charge is -2.38. The molecule has 2 fully saturated rings. The molecule has 0 radical (unpaired) electrons. The summed E-state index contributed by atoms with van der Waals surface area (Å²) in [7, 11) is 1.64. The maximum atomic E-state index is 12.9. The summed E-state index contributed by atoms with van der Waals surface area (Å²) >= 11 is 5.17. The third-order valence-electron chi connectivity index (χ3n) is 5.79. The molecule has 1 aliphatic carbocycles. The van der Waals surface area contributed by atoms with Gasteiger partial charge in [0, 0.05) is 44.8 Å². The average Bonchev–Trinajstić information content (AvgIpc) is 3.20. The third kappa shape index (κ3) is 3.10. The van der Waals surface area contributed by atoms with Crippen molar-refractivity contribution in [1.82, 2.24) is 19.4 Å². The van der Waals surface area contributed by atoms with E-state index in [-0.39, 0.29) is 11.5 Å². The standard InChI is InChI=1S/C19H24N4O2S/c1-21-18(25)15-7-6-13(12-16(15)20-19(21)26)17(24)23-10-8-22(9-11-23)14-4-2-3-5-14/h6-7,12,14H,2-5,8-11H2,1H3,(H,20,26). The summed E-state index contributed by atoms with van der Waals surface area (Å²) in [5.41, 5.74) is 1.08. The Balaban J connectivity index is 1.52. The molecule has 7 heteroatoms. The fourth-order valence-corrected chi connectivity index (χ4v) is 4.37. The zero-order valence-corrected chi connectivity index (χ0v) is 15.8. The van der Waals surface area contributed by atoms with Gasteiger partial charge in [-0.3, -0.25) is 19.1 Å². The van der Waals surface area contributed by atoms with Crippen molar-refractivity contribution in [3.8, 4) is 0 Å². The highest BCUT2D eigenvalue weighted by atomic mass is 32.1. The van der Waals surface area contributed by atoms with Crippen LogP contribution in [0.5, 0.6) is 0 Å². The molecule has 2 heterocycles. The van der Waals surface area contributed by atoms with E-state index in [1.165, 1.54) is 30.3 Å². The van der Waals surface area contributed by atoms with Crippen LogP contribution in [0.3, 0.4) is 0 Å². The Morgan fingerprint density at radius 2 is 1.85 bits per heavy atom. The van der Waals surface area contributed by atoms with Crippen LogP contribution in [0.1, 0.15) is 36.0 Å². The zero-order chi connectivity index (χ0) is 18.3. The monoisotopic (exact) mass is 372 g/mol. The number of hydrogen-bond donors (Lipinski definition) is 1. The van der Waals surface area contributed by atoms with Gasteiger partial charge in [0.15, 0.2) is 4.77 Å². The van der Waals surface area contributed by atoms with Gasteiger partial charge in [0.2, 0.25) is 0 Å². The second-order valence-electron chi connectivity index (χ2n) is 7.32. The number of nitrogens with zero attached hydrogens (tertiary/aromatic N) is 3. The van der Waals surface area contributed by atoms with Crippen molar-refractivity contribution in [2.45, 2.75) is 31.7 Å². The van der Waals surface area contributed by atoms with Gasteiger partial charge >= 0.3 is 0 Å². The molecule has 0 unspecified atom stereocenters. The first-order chi connectivity index (χ1) is 12.5. The molecule has 1 aliphatic heterocycles. The molecule has 1 amide bonds. The number of aromatic nitrogens is 2. The maximum Gasteiger partial charge on any atom is 0.261 e. The molecule has 2 aliphatic rings. The van der Waals surface area contributed by atoms with Crippen molar-refractivity contribution in [3.63, 3.8) is 0 Å². The molecule has 26 heavy (non-hydrogen) atoms. The molecular formula is C19H24N4O2S. The third-order valence-corrected chi connectivity index (χ3v) is 6.17. The number of aromatic amines is 1. The first-order valence-electron chi connectivity index (χ1n) is 9.31. The lowest BCUT2D eigenvalue weighted by molar-refractivity contribution is 0.0573. The maximum absolute atomic E-state index is 12.9. The second-order valence-corrected chi connectivity index (χ2v) is 7.71. The highest BCUT2D eigenvalue weighted by molar-refractivity contribution is 7.71. The summed E-state index contributed by atoms with van der Waals surface area (Å²) in [5, 5.41) is 0.545. The highest BCUT2D eigenvalue weighted by Gasteiger charge is 2.28. The summed E-state index contributed by atoms with van der Waals surface area (Å²) in [6.45, 7) is 3.43. The van der Waals surface area contributed by atoms with Crippen molar-refractivity contribution in [2.75, 3.05) is 26.2 Å². The van der Waals surface area contributed by atoms with E-state index in [0.29, 0.717) is 27.3 Å². The Hall–Kier alpha value is -1.99. The van der Waals surface area contributed by atoms with Crippen LogP contribution in [-0.4, -0.2) is 57.5 Å². The fraction of sp³-hybridized carbons (Fsp3) is 0.526. The molecule has 1 saturated heterocycles. The molecule has 1 aromatic carbocycles. The summed E-state index contributed by atoms with van der Waals surface area (Å²) in [6, 6.07) is 5.92. The van der Waals surface area contributed by atoms with Gasteiger partial charge in [-0.05, 0) is 43.3 Å². The number of carbonyl (C=O) groups excluding carboxylic acids is 1. The molecular weight excluding hydrogens is 348 g/mol. The minimum atomic E-state index is -0.145. The van der Waals surface area contributed by atoms with E-state index < -0.39 is 0 Å². The Morgan fingerprint density at radius 3 is 2.54 bits per heavy atom. The van der Waals surface area contributed by atoms with E-state index in [1.54, 1.807) is 25.2 Å². The number of hydrogen-bond acceptors (Lipinski definition) is 4. The number of benzene rings is 1. The van der Waals surface area contributed by atoms with Crippen LogP contribution in [0.4, 0.5) is 0 Å². The van der Waals surface area contributed by atoms with Gasteiger partial charge in [0.1, 0.15) is 0 Å². The lowest BCUT2D eigenvalue weighted by Crippen LogP contribution is -2.51. The number of H-pyrrole nitrogens is 1. The highest BCUT2D eigenvalue weighted by Crippen LogP contribution is 2.24. The zero-order valence-electron chi connectivity index (χ0n) is 15.0. The average molecular weight is 372 g/mol. The molecule has 0 atom stereocenters. The van der Waals surface area contributed by atoms with Crippen LogP contribution in [0.15, 0.2) is 23.0 Å². The number of carbonyl (C=O) groups is 1. The van der Waals surface area contributed by atoms with Crippen molar-refractivity contribution < 1.29 is 4.79 Å². The summed E-state index contributed by atoms with van der Waals surface area (Å²) in [5.74, 6) is 0.0259. The van der Waals surface area contributed by atoms with Gasteiger partial charge in [0.05, 0.1) is 10.9 Å². The van der Waals surface area contributed by atoms with Gasteiger partial charge in [-0.1, -0.05) is 12.8 Å². The topological polar surface area (TPSA) is 61.3 Å². The Kier molecular flexibility index (Phi) is 4.67. The van der Waals surface area contributed by atoms with Crippen LogP contribution in [0, 0.1) is 4.77 Å².